The highest BCUT2D eigenvalue weighted by Crippen LogP contribution is 2.38. The van der Waals surface area contributed by atoms with Gasteiger partial charge in [0.25, 0.3) is 0 Å². The Labute approximate surface area is 106 Å². The highest BCUT2D eigenvalue weighted by Gasteiger charge is 2.18. The van der Waals surface area contributed by atoms with Crippen molar-refractivity contribution in [2.24, 2.45) is 0 Å². The number of rotatable bonds is 5. The zero-order chi connectivity index (χ0) is 13.2. The van der Waals surface area contributed by atoms with Crippen LogP contribution in [0.3, 0.4) is 0 Å². The van der Waals surface area contributed by atoms with Crippen LogP contribution in [-0.2, 0) is 6.61 Å². The molecule has 100 valence electrons. The molecule has 0 bridgehead atoms. The lowest BCUT2D eigenvalue weighted by molar-refractivity contribution is 0.0550. The number of hydrogen-bond donors (Lipinski definition) is 2. The lowest BCUT2D eigenvalue weighted by Gasteiger charge is -2.18. The number of ether oxygens (including phenoxy) is 3. The molecule has 0 aromatic heterocycles. The van der Waals surface area contributed by atoms with Gasteiger partial charge in [0.2, 0.25) is 6.79 Å². The molecule has 5 nitrogen and oxygen atoms in total. The van der Waals surface area contributed by atoms with E-state index in [4.69, 9.17) is 14.2 Å². The molecule has 0 saturated heterocycles. The van der Waals surface area contributed by atoms with Crippen LogP contribution in [-0.4, -0.2) is 29.2 Å². The van der Waals surface area contributed by atoms with Crippen molar-refractivity contribution in [2.75, 3.05) is 13.4 Å². The molecule has 18 heavy (non-hydrogen) atoms. The quantitative estimate of drug-likeness (QED) is 0.832. The summed E-state index contributed by atoms with van der Waals surface area (Å²) in [5, 5.41) is 18.9. The Balaban J connectivity index is 2.07. The summed E-state index contributed by atoms with van der Waals surface area (Å²) < 4.78 is 16.1. The molecular formula is C13H18O5. The van der Waals surface area contributed by atoms with Crippen molar-refractivity contribution in [3.05, 3.63) is 17.7 Å². The predicted molar refractivity (Wildman–Crippen MR) is 64.9 cm³/mol. The molecule has 0 amide bonds. The number of hydrogen-bond acceptors (Lipinski definition) is 5. The highest BCUT2D eigenvalue weighted by atomic mass is 16.7. The molecule has 1 aromatic rings. The Kier molecular flexibility index (Phi) is 3.63. The summed E-state index contributed by atoms with van der Waals surface area (Å²) in [6, 6.07) is 3.42. The van der Waals surface area contributed by atoms with Crippen LogP contribution in [0.5, 0.6) is 17.2 Å². The summed E-state index contributed by atoms with van der Waals surface area (Å²) in [5.74, 6) is 1.80. The maximum absolute atomic E-state index is 9.60. The van der Waals surface area contributed by atoms with E-state index in [1.165, 1.54) is 0 Å². The Bertz CT molecular complexity index is 422. The average molecular weight is 254 g/mol. The first-order valence-corrected chi connectivity index (χ1v) is 5.88. The molecule has 1 aliphatic heterocycles. The summed E-state index contributed by atoms with van der Waals surface area (Å²) in [6.45, 7) is 3.88. The van der Waals surface area contributed by atoms with Gasteiger partial charge in [-0.15, -0.1) is 0 Å². The van der Waals surface area contributed by atoms with E-state index in [0.29, 0.717) is 35.8 Å². The predicted octanol–water partition coefficient (Wildman–Crippen LogP) is 1.45. The van der Waals surface area contributed by atoms with Gasteiger partial charge in [-0.25, -0.2) is 0 Å². The third-order valence-corrected chi connectivity index (χ3v) is 2.70. The fourth-order valence-electron chi connectivity index (χ4n) is 1.63. The maximum Gasteiger partial charge on any atom is 0.231 e. The minimum absolute atomic E-state index is 0.130. The first-order chi connectivity index (χ1) is 8.49. The summed E-state index contributed by atoms with van der Waals surface area (Å²) in [4.78, 5) is 0. The van der Waals surface area contributed by atoms with Crippen LogP contribution in [0.15, 0.2) is 12.1 Å². The van der Waals surface area contributed by atoms with Crippen LogP contribution in [0.2, 0.25) is 0 Å². The van der Waals surface area contributed by atoms with Crippen LogP contribution < -0.4 is 14.2 Å². The Morgan fingerprint density at radius 3 is 2.56 bits per heavy atom. The van der Waals surface area contributed by atoms with Crippen molar-refractivity contribution in [3.63, 3.8) is 0 Å². The topological polar surface area (TPSA) is 68.2 Å². The van der Waals surface area contributed by atoms with Crippen molar-refractivity contribution in [1.29, 1.82) is 0 Å². The fraction of sp³-hybridized carbons (Fsp3) is 0.538. The molecule has 0 aliphatic carbocycles. The van der Waals surface area contributed by atoms with Gasteiger partial charge in [0.1, 0.15) is 5.75 Å². The fourth-order valence-corrected chi connectivity index (χ4v) is 1.63. The lowest BCUT2D eigenvalue weighted by atomic mass is 10.1. The summed E-state index contributed by atoms with van der Waals surface area (Å²) >= 11 is 0. The molecule has 5 heteroatoms. The van der Waals surface area contributed by atoms with Crippen LogP contribution in [0, 0.1) is 0 Å². The largest absolute Gasteiger partial charge is 0.493 e. The number of aliphatic hydroxyl groups is 2. The zero-order valence-corrected chi connectivity index (χ0v) is 10.6. The smallest absolute Gasteiger partial charge is 0.231 e. The zero-order valence-electron chi connectivity index (χ0n) is 10.6. The van der Waals surface area contributed by atoms with Gasteiger partial charge in [-0.05, 0) is 19.9 Å². The van der Waals surface area contributed by atoms with Gasteiger partial charge in [0.05, 0.1) is 18.8 Å². The van der Waals surface area contributed by atoms with Crippen molar-refractivity contribution in [1.82, 2.24) is 0 Å². The summed E-state index contributed by atoms with van der Waals surface area (Å²) in [7, 11) is 0. The molecule has 0 atom stereocenters. The van der Waals surface area contributed by atoms with Crippen molar-refractivity contribution < 1.29 is 24.4 Å². The maximum atomic E-state index is 9.60. The highest BCUT2D eigenvalue weighted by molar-refractivity contribution is 5.51. The van der Waals surface area contributed by atoms with Gasteiger partial charge < -0.3 is 24.4 Å². The number of aliphatic hydroxyl groups excluding tert-OH is 1. The summed E-state index contributed by atoms with van der Waals surface area (Å²) in [6.07, 6.45) is 0.506. The SMILES string of the molecule is CC(C)(O)CCOc1cc2c(cc1CO)OCO2. The third kappa shape index (κ3) is 3.05. The van der Waals surface area contributed by atoms with Crippen molar-refractivity contribution in [3.8, 4) is 17.2 Å². The van der Waals surface area contributed by atoms with E-state index >= 15 is 0 Å². The van der Waals surface area contributed by atoms with Gasteiger partial charge in [-0.2, -0.15) is 0 Å². The van der Waals surface area contributed by atoms with Crippen molar-refractivity contribution in [2.45, 2.75) is 32.5 Å². The second-order valence-electron chi connectivity index (χ2n) is 4.88. The molecule has 0 saturated carbocycles. The van der Waals surface area contributed by atoms with E-state index in [1.807, 2.05) is 0 Å². The molecule has 2 rings (SSSR count). The molecule has 0 radical (unpaired) electrons. The lowest BCUT2D eigenvalue weighted by Crippen LogP contribution is -2.22. The van der Waals surface area contributed by atoms with Gasteiger partial charge in [0, 0.05) is 18.1 Å². The Morgan fingerprint density at radius 2 is 1.94 bits per heavy atom. The van der Waals surface area contributed by atoms with E-state index in [1.54, 1.807) is 26.0 Å². The van der Waals surface area contributed by atoms with Crippen LogP contribution >= 0.6 is 0 Å². The van der Waals surface area contributed by atoms with E-state index in [9.17, 15) is 10.2 Å². The molecule has 0 unspecified atom stereocenters. The summed E-state index contributed by atoms with van der Waals surface area (Å²) in [5.41, 5.74) is -0.120. The van der Waals surface area contributed by atoms with Crippen LogP contribution in [0.25, 0.3) is 0 Å². The van der Waals surface area contributed by atoms with Gasteiger partial charge in [0.15, 0.2) is 11.5 Å². The second-order valence-corrected chi connectivity index (χ2v) is 4.88. The third-order valence-electron chi connectivity index (χ3n) is 2.70. The average Bonchev–Trinajstić information content (AvgIpc) is 2.73. The van der Waals surface area contributed by atoms with Gasteiger partial charge in [-0.1, -0.05) is 0 Å². The first kappa shape index (κ1) is 13.0. The molecule has 1 aliphatic rings. The number of benzene rings is 1. The van der Waals surface area contributed by atoms with Crippen LogP contribution in [0.4, 0.5) is 0 Å². The molecule has 0 spiro atoms. The minimum Gasteiger partial charge on any atom is -0.493 e. The minimum atomic E-state index is -0.768. The van der Waals surface area contributed by atoms with Crippen LogP contribution in [0.1, 0.15) is 25.8 Å². The monoisotopic (exact) mass is 254 g/mol. The van der Waals surface area contributed by atoms with E-state index < -0.39 is 5.60 Å². The normalized spacial score (nSPS) is 13.8. The van der Waals surface area contributed by atoms with Gasteiger partial charge >= 0.3 is 0 Å². The molecular weight excluding hydrogens is 236 g/mol. The molecule has 1 aromatic carbocycles. The van der Waals surface area contributed by atoms with Crippen molar-refractivity contribution >= 4 is 0 Å². The molecule has 1 heterocycles. The molecule has 0 fully saturated rings. The van der Waals surface area contributed by atoms with Gasteiger partial charge in [-0.3, -0.25) is 0 Å². The first-order valence-electron chi connectivity index (χ1n) is 5.88. The Morgan fingerprint density at radius 1 is 1.28 bits per heavy atom. The van der Waals surface area contributed by atoms with E-state index in [-0.39, 0.29) is 13.4 Å². The van der Waals surface area contributed by atoms with E-state index in [2.05, 4.69) is 0 Å². The van der Waals surface area contributed by atoms with E-state index in [0.717, 1.165) is 0 Å². The Hall–Kier alpha value is -1.46. The standard InChI is InChI=1S/C13H18O5/c1-13(2,15)3-4-16-10-6-12-11(17-8-18-12)5-9(10)7-14/h5-6,14-15H,3-4,7-8H2,1-2H3. The second kappa shape index (κ2) is 5.04. The molecule has 2 N–H and O–H groups in total. The number of fused-ring (bicyclic) bond motifs is 1.